The van der Waals surface area contributed by atoms with Crippen molar-refractivity contribution in [3.05, 3.63) is 90.0 Å². The molecule has 5 nitrogen and oxygen atoms in total. The first-order valence-corrected chi connectivity index (χ1v) is 7.98. The molecule has 1 N–H and O–H groups in total. The van der Waals surface area contributed by atoms with Gasteiger partial charge >= 0.3 is 5.97 Å². The summed E-state index contributed by atoms with van der Waals surface area (Å²) in [4.78, 5) is 24.3. The van der Waals surface area contributed by atoms with Crippen LogP contribution in [-0.4, -0.2) is 19.0 Å². The molecule has 3 rings (SSSR count). The summed E-state index contributed by atoms with van der Waals surface area (Å²) in [6.07, 6.45) is 0. The van der Waals surface area contributed by atoms with Crippen molar-refractivity contribution >= 4 is 17.6 Å². The molecule has 0 aliphatic rings. The van der Waals surface area contributed by atoms with E-state index in [2.05, 4.69) is 5.32 Å². The Bertz CT molecular complexity index is 888. The summed E-state index contributed by atoms with van der Waals surface area (Å²) in [7, 11) is 1.58. The molecule has 0 spiro atoms. The lowest BCUT2D eigenvalue weighted by molar-refractivity contribution is 0.0734. The summed E-state index contributed by atoms with van der Waals surface area (Å²) in [5.74, 6) is 0.393. The Morgan fingerprint density at radius 3 is 1.96 bits per heavy atom. The van der Waals surface area contributed by atoms with Gasteiger partial charge in [-0.15, -0.1) is 0 Å². The van der Waals surface area contributed by atoms with E-state index >= 15 is 0 Å². The van der Waals surface area contributed by atoms with Crippen LogP contribution in [0.3, 0.4) is 0 Å². The largest absolute Gasteiger partial charge is 0.497 e. The predicted molar refractivity (Wildman–Crippen MR) is 98.8 cm³/mol. The molecule has 5 heteroatoms. The van der Waals surface area contributed by atoms with Crippen LogP contribution < -0.4 is 14.8 Å². The van der Waals surface area contributed by atoms with E-state index in [1.807, 2.05) is 6.07 Å². The number of anilines is 1. The molecule has 0 atom stereocenters. The SMILES string of the molecule is COc1ccc(NC(=O)c2ccc(OC(=O)c3ccccc3)cc2)cc1. The van der Waals surface area contributed by atoms with Crippen molar-refractivity contribution in [2.24, 2.45) is 0 Å². The molecule has 26 heavy (non-hydrogen) atoms. The molecule has 0 saturated carbocycles. The average Bonchev–Trinajstić information content (AvgIpc) is 2.69. The van der Waals surface area contributed by atoms with E-state index in [0.29, 0.717) is 28.3 Å². The van der Waals surface area contributed by atoms with Gasteiger partial charge in [0.15, 0.2) is 0 Å². The zero-order valence-corrected chi connectivity index (χ0v) is 14.1. The van der Waals surface area contributed by atoms with Gasteiger partial charge in [0.05, 0.1) is 12.7 Å². The number of rotatable bonds is 5. The summed E-state index contributed by atoms with van der Waals surface area (Å²) in [6.45, 7) is 0. The normalized spacial score (nSPS) is 10.0. The number of carbonyl (C=O) groups excluding carboxylic acids is 2. The second kappa shape index (κ2) is 7.98. The van der Waals surface area contributed by atoms with E-state index in [-0.39, 0.29) is 5.91 Å². The fraction of sp³-hybridized carbons (Fsp3) is 0.0476. The number of hydrogen-bond acceptors (Lipinski definition) is 4. The molecular formula is C21H17NO4. The van der Waals surface area contributed by atoms with Gasteiger partial charge in [-0.3, -0.25) is 4.79 Å². The third kappa shape index (κ3) is 4.27. The Labute approximate surface area is 151 Å². The van der Waals surface area contributed by atoms with Crippen molar-refractivity contribution < 1.29 is 19.1 Å². The van der Waals surface area contributed by atoms with Crippen molar-refractivity contribution in [1.29, 1.82) is 0 Å². The number of benzene rings is 3. The molecule has 1 amide bonds. The molecule has 0 aromatic heterocycles. The summed E-state index contributed by atoms with van der Waals surface area (Å²) in [6, 6.07) is 22.1. The zero-order chi connectivity index (χ0) is 18.4. The van der Waals surface area contributed by atoms with Gasteiger partial charge in [0.1, 0.15) is 11.5 Å². The maximum atomic E-state index is 12.3. The highest BCUT2D eigenvalue weighted by Gasteiger charge is 2.10. The molecule has 0 fully saturated rings. The van der Waals surface area contributed by atoms with E-state index in [1.165, 1.54) is 0 Å². The van der Waals surface area contributed by atoms with Crippen LogP contribution in [0.4, 0.5) is 5.69 Å². The smallest absolute Gasteiger partial charge is 0.343 e. The van der Waals surface area contributed by atoms with Gasteiger partial charge in [0.2, 0.25) is 0 Å². The quantitative estimate of drug-likeness (QED) is 0.556. The third-order valence-electron chi connectivity index (χ3n) is 3.68. The fourth-order valence-electron chi connectivity index (χ4n) is 2.29. The zero-order valence-electron chi connectivity index (χ0n) is 14.1. The van der Waals surface area contributed by atoms with Crippen molar-refractivity contribution in [2.45, 2.75) is 0 Å². The monoisotopic (exact) mass is 347 g/mol. The maximum Gasteiger partial charge on any atom is 0.343 e. The van der Waals surface area contributed by atoms with Crippen molar-refractivity contribution in [1.82, 2.24) is 0 Å². The van der Waals surface area contributed by atoms with Crippen LogP contribution in [0.15, 0.2) is 78.9 Å². The van der Waals surface area contributed by atoms with Gasteiger partial charge < -0.3 is 14.8 Å². The van der Waals surface area contributed by atoms with Crippen molar-refractivity contribution in [2.75, 3.05) is 12.4 Å². The first kappa shape index (κ1) is 17.2. The number of methoxy groups -OCH3 is 1. The third-order valence-corrected chi connectivity index (χ3v) is 3.68. The Balaban J connectivity index is 1.63. The minimum Gasteiger partial charge on any atom is -0.497 e. The Morgan fingerprint density at radius 2 is 1.35 bits per heavy atom. The number of esters is 1. The first-order chi connectivity index (χ1) is 12.7. The minimum atomic E-state index is -0.443. The Kier molecular flexibility index (Phi) is 5.29. The number of amides is 1. The summed E-state index contributed by atoms with van der Waals surface area (Å²) in [5.41, 5.74) is 1.59. The molecule has 0 aliphatic carbocycles. The van der Waals surface area contributed by atoms with Crippen LogP contribution in [0.25, 0.3) is 0 Å². The van der Waals surface area contributed by atoms with Crippen molar-refractivity contribution in [3.8, 4) is 11.5 Å². The van der Waals surface area contributed by atoms with Crippen LogP contribution in [0.1, 0.15) is 20.7 Å². The fourth-order valence-corrected chi connectivity index (χ4v) is 2.29. The standard InChI is InChI=1S/C21H17NO4/c1-25-18-13-9-17(10-14-18)22-20(23)15-7-11-19(12-8-15)26-21(24)16-5-3-2-4-6-16/h2-14H,1H3,(H,22,23). The van der Waals surface area contributed by atoms with Crippen LogP contribution in [0, 0.1) is 0 Å². The highest BCUT2D eigenvalue weighted by Crippen LogP contribution is 2.18. The Hall–Kier alpha value is -3.60. The molecule has 0 saturated heterocycles. The lowest BCUT2D eigenvalue weighted by Gasteiger charge is -2.08. The molecular weight excluding hydrogens is 330 g/mol. The van der Waals surface area contributed by atoms with Gasteiger partial charge in [-0.05, 0) is 60.7 Å². The van der Waals surface area contributed by atoms with Crippen LogP contribution in [0.5, 0.6) is 11.5 Å². The van der Waals surface area contributed by atoms with Crippen LogP contribution >= 0.6 is 0 Å². The van der Waals surface area contributed by atoms with Gasteiger partial charge in [-0.1, -0.05) is 18.2 Å². The van der Waals surface area contributed by atoms with E-state index in [9.17, 15) is 9.59 Å². The lowest BCUT2D eigenvalue weighted by Crippen LogP contribution is -2.12. The number of nitrogens with one attached hydrogen (secondary N) is 1. The summed E-state index contributed by atoms with van der Waals surface area (Å²) >= 11 is 0. The predicted octanol–water partition coefficient (Wildman–Crippen LogP) is 4.17. The highest BCUT2D eigenvalue weighted by atomic mass is 16.5. The molecule has 3 aromatic rings. The van der Waals surface area contributed by atoms with Crippen LogP contribution in [0.2, 0.25) is 0 Å². The maximum absolute atomic E-state index is 12.3. The van der Waals surface area contributed by atoms with Gasteiger partial charge in [0.25, 0.3) is 5.91 Å². The van der Waals surface area contributed by atoms with Gasteiger partial charge in [-0.2, -0.15) is 0 Å². The molecule has 0 heterocycles. The lowest BCUT2D eigenvalue weighted by atomic mass is 10.2. The first-order valence-electron chi connectivity index (χ1n) is 7.98. The van der Waals surface area contributed by atoms with E-state index in [4.69, 9.17) is 9.47 Å². The number of ether oxygens (including phenoxy) is 2. The topological polar surface area (TPSA) is 64.6 Å². The molecule has 0 aliphatic heterocycles. The van der Waals surface area contributed by atoms with E-state index in [0.717, 1.165) is 0 Å². The Morgan fingerprint density at radius 1 is 0.731 bits per heavy atom. The number of carbonyl (C=O) groups is 2. The molecule has 0 radical (unpaired) electrons. The van der Waals surface area contributed by atoms with Gasteiger partial charge in [0, 0.05) is 11.3 Å². The summed E-state index contributed by atoms with van der Waals surface area (Å²) < 4.78 is 10.4. The molecule has 0 bridgehead atoms. The average molecular weight is 347 g/mol. The summed E-state index contributed by atoms with van der Waals surface area (Å²) in [5, 5.41) is 2.79. The second-order valence-corrected chi connectivity index (χ2v) is 5.46. The number of hydrogen-bond donors (Lipinski definition) is 1. The molecule has 130 valence electrons. The molecule has 0 unspecified atom stereocenters. The van der Waals surface area contributed by atoms with Gasteiger partial charge in [-0.25, -0.2) is 4.79 Å². The van der Waals surface area contributed by atoms with E-state index in [1.54, 1.807) is 79.9 Å². The second-order valence-electron chi connectivity index (χ2n) is 5.46. The molecule has 3 aromatic carbocycles. The minimum absolute atomic E-state index is 0.254. The van der Waals surface area contributed by atoms with Crippen LogP contribution in [-0.2, 0) is 0 Å². The van der Waals surface area contributed by atoms with Crippen molar-refractivity contribution in [3.63, 3.8) is 0 Å². The highest BCUT2D eigenvalue weighted by molar-refractivity contribution is 6.04. The van der Waals surface area contributed by atoms with E-state index < -0.39 is 5.97 Å².